The molecule has 1 aliphatic heterocycles. The highest BCUT2D eigenvalue weighted by Gasteiger charge is 2.30. The Labute approximate surface area is 178 Å². The maximum atomic E-state index is 12.6. The van der Waals surface area contributed by atoms with Gasteiger partial charge in [-0.25, -0.2) is 4.79 Å². The number of urea groups is 1. The van der Waals surface area contributed by atoms with Crippen LogP contribution in [0, 0.1) is 0 Å². The van der Waals surface area contributed by atoms with Crippen LogP contribution in [0.15, 0.2) is 51.4 Å². The molecule has 1 heterocycles. The molecule has 2 amide bonds. The molecule has 0 spiro atoms. The molecule has 1 fully saturated rings. The van der Waals surface area contributed by atoms with Crippen LogP contribution in [-0.2, 0) is 12.7 Å². The first-order chi connectivity index (χ1) is 13.2. The van der Waals surface area contributed by atoms with Crippen molar-refractivity contribution in [2.24, 2.45) is 0 Å². The molecular formula is C19H18Br2F3N3O. The molecule has 2 aromatic carbocycles. The van der Waals surface area contributed by atoms with E-state index in [2.05, 4.69) is 54.2 Å². The van der Waals surface area contributed by atoms with Crippen LogP contribution in [0.2, 0.25) is 0 Å². The van der Waals surface area contributed by atoms with Crippen molar-refractivity contribution in [1.82, 2.24) is 9.80 Å². The van der Waals surface area contributed by atoms with Gasteiger partial charge in [0, 0.05) is 47.4 Å². The van der Waals surface area contributed by atoms with Crippen LogP contribution in [-0.4, -0.2) is 42.0 Å². The molecular weight excluding hydrogens is 503 g/mol. The van der Waals surface area contributed by atoms with Gasteiger partial charge in [-0.3, -0.25) is 4.90 Å². The van der Waals surface area contributed by atoms with Gasteiger partial charge in [0.2, 0.25) is 0 Å². The molecule has 1 saturated heterocycles. The van der Waals surface area contributed by atoms with Crippen LogP contribution < -0.4 is 5.32 Å². The SMILES string of the molecule is O=C(Nc1ccc(C(F)(F)F)cc1)N1CCN(Cc2ccc(Br)c(Br)c2)CC1. The number of benzene rings is 2. The summed E-state index contributed by atoms with van der Waals surface area (Å²) in [5.41, 5.74) is 0.788. The number of nitrogens with one attached hydrogen (secondary N) is 1. The van der Waals surface area contributed by atoms with Gasteiger partial charge < -0.3 is 10.2 Å². The summed E-state index contributed by atoms with van der Waals surface area (Å²) < 4.78 is 39.8. The lowest BCUT2D eigenvalue weighted by Crippen LogP contribution is -2.49. The molecule has 0 saturated carbocycles. The number of rotatable bonds is 3. The molecule has 1 aliphatic rings. The summed E-state index contributed by atoms with van der Waals surface area (Å²) in [7, 11) is 0. The minimum absolute atomic E-state index is 0.300. The number of alkyl halides is 3. The van der Waals surface area contributed by atoms with Crippen LogP contribution in [0.4, 0.5) is 23.7 Å². The fraction of sp³-hybridized carbons (Fsp3) is 0.316. The van der Waals surface area contributed by atoms with Crippen molar-refractivity contribution >= 4 is 43.6 Å². The van der Waals surface area contributed by atoms with Crippen LogP contribution in [0.1, 0.15) is 11.1 Å². The second-order valence-corrected chi connectivity index (χ2v) is 8.23. The third kappa shape index (κ3) is 5.48. The van der Waals surface area contributed by atoms with E-state index in [9.17, 15) is 18.0 Å². The largest absolute Gasteiger partial charge is 0.416 e. The normalized spacial score (nSPS) is 15.5. The third-order valence-corrected chi connectivity index (χ3v) is 6.39. The molecule has 0 bridgehead atoms. The molecule has 28 heavy (non-hydrogen) atoms. The molecule has 4 nitrogen and oxygen atoms in total. The number of carbonyl (C=O) groups is 1. The quantitative estimate of drug-likeness (QED) is 0.573. The topological polar surface area (TPSA) is 35.6 Å². The van der Waals surface area contributed by atoms with E-state index in [1.807, 2.05) is 6.07 Å². The first-order valence-electron chi connectivity index (χ1n) is 8.62. The van der Waals surface area contributed by atoms with Gasteiger partial charge >= 0.3 is 12.2 Å². The number of anilines is 1. The summed E-state index contributed by atoms with van der Waals surface area (Å²) in [4.78, 5) is 16.3. The van der Waals surface area contributed by atoms with Crippen molar-refractivity contribution in [1.29, 1.82) is 0 Å². The predicted molar refractivity (Wildman–Crippen MR) is 109 cm³/mol. The van der Waals surface area contributed by atoms with Crippen LogP contribution in [0.25, 0.3) is 0 Å². The predicted octanol–water partition coefficient (Wildman–Crippen LogP) is 5.58. The molecule has 0 atom stereocenters. The van der Waals surface area contributed by atoms with Crippen molar-refractivity contribution in [3.63, 3.8) is 0 Å². The van der Waals surface area contributed by atoms with Crippen molar-refractivity contribution in [2.75, 3.05) is 31.5 Å². The number of amides is 2. The average Bonchev–Trinajstić information content (AvgIpc) is 2.65. The highest BCUT2D eigenvalue weighted by atomic mass is 79.9. The lowest BCUT2D eigenvalue weighted by molar-refractivity contribution is -0.137. The van der Waals surface area contributed by atoms with E-state index in [4.69, 9.17) is 0 Å². The Balaban J connectivity index is 1.50. The van der Waals surface area contributed by atoms with E-state index >= 15 is 0 Å². The second-order valence-electron chi connectivity index (χ2n) is 6.52. The van der Waals surface area contributed by atoms with Gasteiger partial charge in [-0.2, -0.15) is 13.2 Å². The molecule has 0 unspecified atom stereocenters. The fourth-order valence-corrected chi connectivity index (χ4v) is 3.62. The van der Waals surface area contributed by atoms with Gasteiger partial charge in [0.05, 0.1) is 5.56 Å². The first kappa shape index (κ1) is 21.1. The number of piperazine rings is 1. The first-order valence-corrected chi connectivity index (χ1v) is 10.2. The number of carbonyl (C=O) groups excluding carboxylic acids is 1. The number of nitrogens with zero attached hydrogens (tertiary/aromatic N) is 2. The van der Waals surface area contributed by atoms with Crippen molar-refractivity contribution in [3.8, 4) is 0 Å². The number of hydrogen-bond acceptors (Lipinski definition) is 2. The maximum absolute atomic E-state index is 12.6. The zero-order chi connectivity index (χ0) is 20.3. The Morgan fingerprint density at radius 2 is 1.61 bits per heavy atom. The zero-order valence-corrected chi connectivity index (χ0v) is 17.9. The molecule has 3 rings (SSSR count). The van der Waals surface area contributed by atoms with Gasteiger partial charge in [0.25, 0.3) is 0 Å². The van der Waals surface area contributed by atoms with E-state index in [1.165, 1.54) is 17.7 Å². The fourth-order valence-electron chi connectivity index (χ4n) is 2.95. The Morgan fingerprint density at radius 3 is 2.18 bits per heavy atom. The van der Waals surface area contributed by atoms with Crippen molar-refractivity contribution < 1.29 is 18.0 Å². The minimum Gasteiger partial charge on any atom is -0.322 e. The molecule has 0 aromatic heterocycles. The highest BCUT2D eigenvalue weighted by Crippen LogP contribution is 2.30. The molecule has 0 radical (unpaired) electrons. The van der Waals surface area contributed by atoms with Crippen LogP contribution >= 0.6 is 31.9 Å². The van der Waals surface area contributed by atoms with Gasteiger partial charge in [-0.1, -0.05) is 6.07 Å². The zero-order valence-electron chi connectivity index (χ0n) is 14.8. The van der Waals surface area contributed by atoms with Gasteiger partial charge in [0.15, 0.2) is 0 Å². The van der Waals surface area contributed by atoms with Gasteiger partial charge in [-0.05, 0) is 73.8 Å². The molecule has 0 aliphatic carbocycles. The Kier molecular flexibility index (Phi) is 6.67. The van der Waals surface area contributed by atoms with Crippen LogP contribution in [0.3, 0.4) is 0 Å². The number of hydrogen-bond donors (Lipinski definition) is 1. The molecule has 9 heteroatoms. The average molecular weight is 521 g/mol. The molecule has 1 N–H and O–H groups in total. The second kappa shape index (κ2) is 8.84. The summed E-state index contributed by atoms with van der Waals surface area (Å²) in [6.45, 7) is 3.37. The minimum atomic E-state index is -4.39. The van der Waals surface area contributed by atoms with E-state index < -0.39 is 11.7 Å². The number of halogens is 5. The highest BCUT2D eigenvalue weighted by molar-refractivity contribution is 9.13. The molecule has 2 aromatic rings. The van der Waals surface area contributed by atoms with Crippen molar-refractivity contribution in [2.45, 2.75) is 12.7 Å². The maximum Gasteiger partial charge on any atom is 0.416 e. The van der Waals surface area contributed by atoms with Gasteiger partial charge in [-0.15, -0.1) is 0 Å². The van der Waals surface area contributed by atoms with Crippen LogP contribution in [0.5, 0.6) is 0 Å². The van der Waals surface area contributed by atoms with E-state index in [0.29, 0.717) is 18.8 Å². The third-order valence-electron chi connectivity index (χ3n) is 4.51. The van der Waals surface area contributed by atoms with E-state index in [0.717, 1.165) is 40.7 Å². The Hall–Kier alpha value is -1.58. The molecule has 150 valence electrons. The Bertz CT molecular complexity index is 835. The van der Waals surface area contributed by atoms with Crippen molar-refractivity contribution in [3.05, 3.63) is 62.5 Å². The van der Waals surface area contributed by atoms with Gasteiger partial charge in [0.1, 0.15) is 0 Å². The lowest BCUT2D eigenvalue weighted by atomic mass is 10.2. The summed E-state index contributed by atoms with van der Waals surface area (Å²) in [6.07, 6.45) is -4.39. The van der Waals surface area contributed by atoms with E-state index in [1.54, 1.807) is 4.90 Å². The monoisotopic (exact) mass is 519 g/mol. The smallest absolute Gasteiger partial charge is 0.322 e. The lowest BCUT2D eigenvalue weighted by Gasteiger charge is -2.34. The summed E-state index contributed by atoms with van der Waals surface area (Å²) >= 11 is 6.95. The van der Waals surface area contributed by atoms with E-state index in [-0.39, 0.29) is 6.03 Å². The summed E-state index contributed by atoms with van der Waals surface area (Å²) in [6, 6.07) is 10.3. The summed E-state index contributed by atoms with van der Waals surface area (Å²) in [5.74, 6) is 0. The Morgan fingerprint density at radius 1 is 0.964 bits per heavy atom. The summed E-state index contributed by atoms with van der Waals surface area (Å²) in [5, 5.41) is 2.66. The standard InChI is InChI=1S/C19H18Br2F3N3O/c20-16-6-1-13(11-17(16)21)12-26-7-9-27(10-8-26)18(28)25-15-4-2-14(3-5-15)19(22,23)24/h1-6,11H,7-10,12H2,(H,25,28).